The zero-order chi connectivity index (χ0) is 44.5. The van der Waals surface area contributed by atoms with Crippen molar-refractivity contribution in [1.29, 1.82) is 0 Å². The van der Waals surface area contributed by atoms with Gasteiger partial charge in [-0.3, -0.25) is 0 Å². The average Bonchev–Trinajstić information content (AvgIpc) is 3.29. The standard InChI is InChI=1S/C56H68O4P2/c1-13-41-29-37(9)30-42(14-2)53(41)57-61(58-54-43(15-3)31-38(10)32-44(54)16-4)51-25-21-49(22-26-51)50-23-27-52(28-24-50)62(59-55-45(17-5)33-39(11)34-46(55)18-6)60-56-47(19-7)35-40(12)36-48(56)20-8/h21-36H,13-20H2,1-12H3. The van der Waals surface area contributed by atoms with Crippen LogP contribution < -0.4 is 28.7 Å². The molecule has 0 aromatic heterocycles. The predicted molar refractivity (Wildman–Crippen MR) is 267 cm³/mol. The normalized spacial score (nSPS) is 11.4. The second-order valence-corrected chi connectivity index (χ2v) is 19.2. The van der Waals surface area contributed by atoms with Crippen LogP contribution in [-0.4, -0.2) is 0 Å². The molecule has 0 spiro atoms. The maximum atomic E-state index is 7.11. The van der Waals surface area contributed by atoms with Gasteiger partial charge in [0.25, 0.3) is 0 Å². The summed E-state index contributed by atoms with van der Waals surface area (Å²) in [6, 6.07) is 35.7. The van der Waals surface area contributed by atoms with E-state index in [4.69, 9.17) is 18.1 Å². The quantitative estimate of drug-likeness (QED) is 0.0760. The van der Waals surface area contributed by atoms with E-state index in [1.54, 1.807) is 0 Å². The molecular formula is C56H68O4P2. The van der Waals surface area contributed by atoms with E-state index in [-0.39, 0.29) is 0 Å². The van der Waals surface area contributed by atoms with Gasteiger partial charge in [-0.05, 0) is 159 Å². The van der Waals surface area contributed by atoms with E-state index in [2.05, 4.69) is 180 Å². The van der Waals surface area contributed by atoms with Crippen molar-refractivity contribution in [2.75, 3.05) is 0 Å². The van der Waals surface area contributed by atoms with E-state index < -0.39 is 16.8 Å². The van der Waals surface area contributed by atoms with Crippen LogP contribution in [0.25, 0.3) is 11.1 Å². The fraction of sp³-hybridized carbons (Fsp3) is 0.357. The first-order valence-corrected chi connectivity index (χ1v) is 25.3. The summed E-state index contributed by atoms with van der Waals surface area (Å²) in [6.07, 6.45) is 7.11. The van der Waals surface area contributed by atoms with Crippen LogP contribution in [0.2, 0.25) is 0 Å². The Morgan fingerprint density at radius 3 is 0.629 bits per heavy atom. The van der Waals surface area contributed by atoms with Crippen LogP contribution in [0.5, 0.6) is 23.0 Å². The van der Waals surface area contributed by atoms with Crippen LogP contribution in [0.4, 0.5) is 0 Å². The molecule has 0 fully saturated rings. The van der Waals surface area contributed by atoms with Crippen molar-refractivity contribution in [1.82, 2.24) is 0 Å². The first kappa shape index (κ1) is 46.9. The molecule has 0 saturated heterocycles. The molecular weight excluding hydrogens is 799 g/mol. The topological polar surface area (TPSA) is 36.9 Å². The molecule has 6 rings (SSSR count). The van der Waals surface area contributed by atoms with Crippen LogP contribution in [0, 0.1) is 27.7 Å². The largest absolute Gasteiger partial charge is 0.435 e. The van der Waals surface area contributed by atoms with Gasteiger partial charge in [-0.2, -0.15) is 0 Å². The summed E-state index contributed by atoms with van der Waals surface area (Å²) in [5.41, 5.74) is 17.0. The zero-order valence-electron chi connectivity index (χ0n) is 39.4. The van der Waals surface area contributed by atoms with Crippen molar-refractivity contribution < 1.29 is 18.1 Å². The van der Waals surface area contributed by atoms with Gasteiger partial charge in [0.05, 0.1) is 10.6 Å². The molecule has 0 N–H and O–H groups in total. The van der Waals surface area contributed by atoms with E-state index >= 15 is 0 Å². The Morgan fingerprint density at radius 2 is 0.468 bits per heavy atom. The van der Waals surface area contributed by atoms with Gasteiger partial charge >= 0.3 is 16.8 Å². The SMILES string of the molecule is CCc1cc(C)cc(CC)c1OP(Oc1c(CC)cc(C)cc1CC)c1ccc(-c2ccc(P(Oc3c(CC)cc(C)cc3CC)Oc3c(CC)cc(C)cc3CC)cc2)cc1. The highest BCUT2D eigenvalue weighted by Gasteiger charge is 2.27. The Morgan fingerprint density at radius 1 is 0.290 bits per heavy atom. The summed E-state index contributed by atoms with van der Waals surface area (Å²) in [7, 11) is -3.02. The summed E-state index contributed by atoms with van der Waals surface area (Å²) in [5.74, 6) is 3.84. The van der Waals surface area contributed by atoms with Crippen molar-refractivity contribution in [3.8, 4) is 34.1 Å². The number of aryl methyl sites for hydroxylation is 12. The summed E-state index contributed by atoms with van der Waals surface area (Å²) in [4.78, 5) is 0. The molecule has 0 heterocycles. The second-order valence-electron chi connectivity index (χ2n) is 16.5. The number of hydrogen-bond acceptors (Lipinski definition) is 4. The molecule has 0 aliphatic rings. The van der Waals surface area contributed by atoms with E-state index in [1.807, 2.05) is 0 Å². The molecule has 0 aliphatic carbocycles. The molecule has 0 amide bonds. The molecule has 4 nitrogen and oxygen atoms in total. The van der Waals surface area contributed by atoms with Crippen LogP contribution in [0.15, 0.2) is 97.1 Å². The molecule has 62 heavy (non-hydrogen) atoms. The van der Waals surface area contributed by atoms with E-state index in [0.29, 0.717) is 0 Å². The first-order chi connectivity index (χ1) is 30.0. The maximum Gasteiger partial charge on any atom is 0.326 e. The molecule has 0 atom stereocenters. The van der Waals surface area contributed by atoms with Gasteiger partial charge in [-0.25, -0.2) is 0 Å². The van der Waals surface area contributed by atoms with Crippen LogP contribution >= 0.6 is 16.8 Å². The van der Waals surface area contributed by atoms with Crippen molar-refractivity contribution in [2.24, 2.45) is 0 Å². The van der Waals surface area contributed by atoms with Gasteiger partial charge in [0.1, 0.15) is 23.0 Å². The lowest BCUT2D eigenvalue weighted by Crippen LogP contribution is -2.14. The second kappa shape index (κ2) is 21.6. The van der Waals surface area contributed by atoms with Crippen molar-refractivity contribution in [3.05, 3.63) is 164 Å². The third-order valence-electron chi connectivity index (χ3n) is 11.8. The fourth-order valence-corrected chi connectivity index (χ4v) is 11.3. The summed E-state index contributed by atoms with van der Waals surface area (Å²) in [6.45, 7) is 26.3. The number of rotatable bonds is 19. The minimum Gasteiger partial charge on any atom is -0.435 e. The van der Waals surface area contributed by atoms with Crippen molar-refractivity contribution in [3.63, 3.8) is 0 Å². The third-order valence-corrected chi connectivity index (χ3v) is 14.6. The molecule has 0 unspecified atom stereocenters. The van der Waals surface area contributed by atoms with Gasteiger partial charge in [0, 0.05) is 0 Å². The Bertz CT molecular complexity index is 2050. The summed E-state index contributed by atoms with van der Waals surface area (Å²) < 4.78 is 28.5. The monoisotopic (exact) mass is 866 g/mol. The van der Waals surface area contributed by atoms with E-state index in [0.717, 1.165) is 96.1 Å². The highest BCUT2D eigenvalue weighted by atomic mass is 31.2. The smallest absolute Gasteiger partial charge is 0.326 e. The maximum absolute atomic E-state index is 7.11. The molecule has 0 saturated carbocycles. The first-order valence-electron chi connectivity index (χ1n) is 23.0. The average molecular weight is 867 g/mol. The fourth-order valence-electron chi connectivity index (χ4n) is 8.42. The lowest BCUT2D eigenvalue weighted by molar-refractivity contribution is 0.487. The molecule has 6 aromatic rings. The molecule has 0 radical (unpaired) electrons. The Balaban J connectivity index is 1.38. The Kier molecular flexibility index (Phi) is 16.4. The van der Waals surface area contributed by atoms with Crippen LogP contribution in [0.1, 0.15) is 122 Å². The van der Waals surface area contributed by atoms with Gasteiger partial charge in [-0.1, -0.05) is 150 Å². The molecule has 326 valence electrons. The summed E-state index contributed by atoms with van der Waals surface area (Å²) >= 11 is 0. The predicted octanol–water partition coefficient (Wildman–Crippen LogP) is 15.3. The number of benzene rings is 6. The van der Waals surface area contributed by atoms with E-state index in [9.17, 15) is 0 Å². The van der Waals surface area contributed by atoms with Gasteiger partial charge in [0.2, 0.25) is 0 Å². The molecule has 6 heteroatoms. The third kappa shape index (κ3) is 10.8. The van der Waals surface area contributed by atoms with Crippen LogP contribution in [-0.2, 0) is 51.4 Å². The molecule has 0 bridgehead atoms. The van der Waals surface area contributed by atoms with Gasteiger partial charge < -0.3 is 18.1 Å². The van der Waals surface area contributed by atoms with Gasteiger partial charge in [0.15, 0.2) is 0 Å². The minimum absolute atomic E-state index is 0.889. The lowest BCUT2D eigenvalue weighted by Gasteiger charge is -2.25. The minimum atomic E-state index is -1.51. The summed E-state index contributed by atoms with van der Waals surface area (Å²) in [5, 5.41) is 2.07. The van der Waals surface area contributed by atoms with Crippen molar-refractivity contribution in [2.45, 2.75) is 134 Å². The lowest BCUT2D eigenvalue weighted by atomic mass is 10.0. The van der Waals surface area contributed by atoms with E-state index in [1.165, 1.54) is 66.8 Å². The van der Waals surface area contributed by atoms with Crippen LogP contribution in [0.3, 0.4) is 0 Å². The Labute approximate surface area is 376 Å². The number of hydrogen-bond donors (Lipinski definition) is 0. The highest BCUT2D eigenvalue weighted by Crippen LogP contribution is 2.47. The Hall–Kier alpha value is -4.62. The van der Waals surface area contributed by atoms with Crippen molar-refractivity contribution >= 4 is 27.4 Å². The molecule has 0 aliphatic heterocycles. The zero-order valence-corrected chi connectivity index (χ0v) is 41.2. The van der Waals surface area contributed by atoms with Gasteiger partial charge in [-0.15, -0.1) is 0 Å². The molecule has 6 aromatic carbocycles. The highest BCUT2D eigenvalue weighted by molar-refractivity contribution is 7.57.